The summed E-state index contributed by atoms with van der Waals surface area (Å²) < 4.78 is 13.4. The molecule has 2 aliphatic heterocycles. The molecule has 0 bridgehead atoms. The van der Waals surface area contributed by atoms with Crippen LogP contribution in [0.2, 0.25) is 0 Å². The molecule has 1 saturated heterocycles. The van der Waals surface area contributed by atoms with E-state index in [0.717, 1.165) is 21.6 Å². The molecule has 1 fully saturated rings. The maximum atomic E-state index is 13.3. The van der Waals surface area contributed by atoms with E-state index in [9.17, 15) is 4.79 Å². The summed E-state index contributed by atoms with van der Waals surface area (Å²) in [7, 11) is 1.63. The van der Waals surface area contributed by atoms with Gasteiger partial charge in [0.05, 0.1) is 30.8 Å². The van der Waals surface area contributed by atoms with E-state index in [-0.39, 0.29) is 17.2 Å². The molecule has 2 aromatic rings. The SMILES string of the molecule is COc1ccc([C@H]2Nn3c(C)nnc3S[C@H]2C(=O)N2CCOCC2)cc1Br. The van der Waals surface area contributed by atoms with E-state index in [1.807, 2.05) is 34.7 Å². The number of aryl methyl sites for hydroxylation is 1. The number of benzene rings is 1. The van der Waals surface area contributed by atoms with Crippen molar-refractivity contribution in [2.24, 2.45) is 0 Å². The molecule has 0 radical (unpaired) electrons. The average molecular weight is 454 g/mol. The molecular weight excluding hydrogens is 434 g/mol. The van der Waals surface area contributed by atoms with Crippen molar-refractivity contribution in [1.29, 1.82) is 0 Å². The van der Waals surface area contributed by atoms with Gasteiger partial charge in [0.1, 0.15) is 16.8 Å². The Hall–Kier alpha value is -1.78. The Morgan fingerprint density at radius 1 is 1.37 bits per heavy atom. The summed E-state index contributed by atoms with van der Waals surface area (Å²) in [5.74, 6) is 1.59. The van der Waals surface area contributed by atoms with Crippen LogP contribution in [0.5, 0.6) is 5.75 Å². The number of aromatic nitrogens is 3. The number of fused-ring (bicyclic) bond motifs is 1. The van der Waals surface area contributed by atoms with Crippen LogP contribution in [0.15, 0.2) is 27.8 Å². The van der Waals surface area contributed by atoms with Gasteiger partial charge in [0.25, 0.3) is 0 Å². The maximum Gasteiger partial charge on any atom is 0.238 e. The van der Waals surface area contributed by atoms with Gasteiger partial charge in [-0.3, -0.25) is 4.79 Å². The van der Waals surface area contributed by atoms with Crippen molar-refractivity contribution >= 4 is 33.6 Å². The Morgan fingerprint density at radius 2 is 2.15 bits per heavy atom. The predicted octanol–water partition coefficient (Wildman–Crippen LogP) is 1.98. The van der Waals surface area contributed by atoms with Gasteiger partial charge in [0.2, 0.25) is 11.1 Å². The summed E-state index contributed by atoms with van der Waals surface area (Å²) in [6, 6.07) is 5.64. The number of ether oxygens (including phenoxy) is 2. The molecule has 2 aliphatic rings. The number of hydrogen-bond acceptors (Lipinski definition) is 7. The van der Waals surface area contributed by atoms with Crippen LogP contribution >= 0.6 is 27.7 Å². The van der Waals surface area contributed by atoms with Gasteiger partial charge < -0.3 is 19.8 Å². The molecule has 27 heavy (non-hydrogen) atoms. The van der Waals surface area contributed by atoms with Crippen LogP contribution in [0.3, 0.4) is 0 Å². The van der Waals surface area contributed by atoms with Gasteiger partial charge in [-0.05, 0) is 40.5 Å². The minimum Gasteiger partial charge on any atom is -0.496 e. The van der Waals surface area contributed by atoms with Crippen LogP contribution in [0.1, 0.15) is 17.4 Å². The number of amides is 1. The van der Waals surface area contributed by atoms with Crippen molar-refractivity contribution in [3.8, 4) is 5.75 Å². The number of halogens is 1. The van der Waals surface area contributed by atoms with Gasteiger partial charge in [0.15, 0.2) is 0 Å². The highest BCUT2D eigenvalue weighted by Crippen LogP contribution is 2.39. The first-order valence-corrected chi connectivity index (χ1v) is 10.3. The van der Waals surface area contributed by atoms with E-state index in [1.54, 1.807) is 7.11 Å². The summed E-state index contributed by atoms with van der Waals surface area (Å²) in [6.45, 7) is 4.26. The molecule has 0 unspecified atom stereocenters. The largest absolute Gasteiger partial charge is 0.496 e. The highest BCUT2D eigenvalue weighted by molar-refractivity contribution is 9.10. The lowest BCUT2D eigenvalue weighted by atomic mass is 10.0. The molecule has 1 N–H and O–H groups in total. The van der Waals surface area contributed by atoms with Gasteiger partial charge >= 0.3 is 0 Å². The first kappa shape index (κ1) is 18.6. The minimum atomic E-state index is -0.348. The predicted molar refractivity (Wildman–Crippen MR) is 105 cm³/mol. The van der Waals surface area contributed by atoms with E-state index in [4.69, 9.17) is 9.47 Å². The van der Waals surface area contributed by atoms with E-state index in [1.165, 1.54) is 11.8 Å². The molecule has 8 nitrogen and oxygen atoms in total. The highest BCUT2D eigenvalue weighted by Gasteiger charge is 2.39. The second-order valence-electron chi connectivity index (χ2n) is 6.34. The van der Waals surface area contributed by atoms with Crippen molar-refractivity contribution < 1.29 is 14.3 Å². The molecule has 10 heteroatoms. The molecule has 0 spiro atoms. The lowest BCUT2D eigenvalue weighted by molar-refractivity contribution is -0.135. The smallest absolute Gasteiger partial charge is 0.238 e. The highest BCUT2D eigenvalue weighted by atomic mass is 79.9. The fourth-order valence-corrected chi connectivity index (χ4v) is 5.01. The Labute approximate surface area is 169 Å². The van der Waals surface area contributed by atoms with Gasteiger partial charge in [-0.1, -0.05) is 17.8 Å². The van der Waals surface area contributed by atoms with E-state index in [0.29, 0.717) is 31.5 Å². The van der Waals surface area contributed by atoms with Crippen molar-refractivity contribution in [1.82, 2.24) is 19.8 Å². The van der Waals surface area contributed by atoms with Crippen LogP contribution in [0.4, 0.5) is 0 Å². The van der Waals surface area contributed by atoms with Crippen molar-refractivity contribution in [3.05, 3.63) is 34.1 Å². The zero-order valence-corrected chi connectivity index (χ0v) is 17.4. The quantitative estimate of drug-likeness (QED) is 0.760. The summed E-state index contributed by atoms with van der Waals surface area (Å²) in [5.41, 5.74) is 4.41. The first-order valence-electron chi connectivity index (χ1n) is 8.63. The number of carbonyl (C=O) groups excluding carboxylic acids is 1. The Bertz CT molecular complexity index is 855. The number of nitrogens with one attached hydrogen (secondary N) is 1. The Balaban J connectivity index is 1.69. The molecule has 1 amide bonds. The standard InChI is InChI=1S/C17H20BrN5O3S/c1-10-19-20-17-23(10)21-14(11-3-4-13(25-2)12(18)9-11)15(27-17)16(24)22-5-7-26-8-6-22/h3-4,9,14-15,21H,5-8H2,1-2H3/t14-,15-/m1/s1. The molecule has 1 aromatic heterocycles. The van der Waals surface area contributed by atoms with Crippen LogP contribution in [0.25, 0.3) is 0 Å². The third-order valence-corrected chi connectivity index (χ3v) is 6.52. The normalized spacial score (nSPS) is 22.1. The van der Waals surface area contributed by atoms with Gasteiger partial charge in [-0.15, -0.1) is 10.2 Å². The maximum absolute atomic E-state index is 13.3. The lowest BCUT2D eigenvalue weighted by Gasteiger charge is -2.37. The molecule has 3 heterocycles. The number of morpholine rings is 1. The first-order chi connectivity index (χ1) is 13.1. The fourth-order valence-electron chi connectivity index (χ4n) is 3.24. The number of nitrogens with zero attached hydrogens (tertiary/aromatic N) is 4. The molecule has 144 valence electrons. The summed E-state index contributed by atoms with van der Waals surface area (Å²) >= 11 is 4.99. The summed E-state index contributed by atoms with van der Waals surface area (Å²) in [4.78, 5) is 15.1. The third kappa shape index (κ3) is 3.53. The van der Waals surface area contributed by atoms with Crippen molar-refractivity contribution in [2.45, 2.75) is 23.4 Å². The summed E-state index contributed by atoms with van der Waals surface area (Å²) in [6.07, 6.45) is 0. The number of methoxy groups -OCH3 is 1. The molecule has 0 saturated carbocycles. The number of rotatable bonds is 3. The molecule has 1 aromatic carbocycles. The fraction of sp³-hybridized carbons (Fsp3) is 0.471. The third-order valence-electron chi connectivity index (χ3n) is 4.70. The number of carbonyl (C=O) groups is 1. The molecule has 2 atom stereocenters. The molecule has 4 rings (SSSR count). The van der Waals surface area contributed by atoms with E-state index < -0.39 is 0 Å². The van der Waals surface area contributed by atoms with Crippen molar-refractivity contribution in [3.63, 3.8) is 0 Å². The van der Waals surface area contributed by atoms with Crippen molar-refractivity contribution in [2.75, 3.05) is 38.8 Å². The monoisotopic (exact) mass is 453 g/mol. The number of hydrogen-bond donors (Lipinski definition) is 1. The van der Waals surface area contributed by atoms with Gasteiger partial charge in [-0.25, -0.2) is 4.68 Å². The Kier molecular flexibility index (Phi) is 5.29. The molecular formula is C17H20BrN5O3S. The lowest BCUT2D eigenvalue weighted by Crippen LogP contribution is -2.49. The number of thioether (sulfide) groups is 1. The van der Waals surface area contributed by atoms with E-state index >= 15 is 0 Å². The minimum absolute atomic E-state index is 0.0830. The van der Waals surface area contributed by atoms with Gasteiger partial charge in [-0.2, -0.15) is 0 Å². The van der Waals surface area contributed by atoms with Gasteiger partial charge in [0, 0.05) is 13.1 Å². The van der Waals surface area contributed by atoms with Crippen LogP contribution in [-0.2, 0) is 9.53 Å². The Morgan fingerprint density at radius 3 is 2.85 bits per heavy atom. The average Bonchev–Trinajstić information content (AvgIpc) is 3.07. The zero-order valence-electron chi connectivity index (χ0n) is 15.0. The van der Waals surface area contributed by atoms with E-state index in [2.05, 4.69) is 31.6 Å². The van der Waals surface area contributed by atoms with Crippen LogP contribution in [-0.4, -0.2) is 64.3 Å². The second-order valence-corrected chi connectivity index (χ2v) is 8.31. The second kappa shape index (κ2) is 7.69. The summed E-state index contributed by atoms with van der Waals surface area (Å²) in [5, 5.41) is 8.68. The van der Waals surface area contributed by atoms with Crippen LogP contribution in [0, 0.1) is 6.92 Å². The van der Waals surface area contributed by atoms with Crippen LogP contribution < -0.4 is 10.2 Å². The molecule has 0 aliphatic carbocycles. The topological polar surface area (TPSA) is 81.5 Å². The zero-order chi connectivity index (χ0) is 19.0.